The number of rotatable bonds is 5. The first-order valence-electron chi connectivity index (χ1n) is 9.28. The number of hydrogen-bond donors (Lipinski definition) is 2. The van der Waals surface area contributed by atoms with Gasteiger partial charge in [0.05, 0.1) is 23.6 Å². The van der Waals surface area contributed by atoms with E-state index in [0.29, 0.717) is 11.4 Å². The van der Waals surface area contributed by atoms with Crippen molar-refractivity contribution >= 4 is 5.91 Å². The standard InChI is InChI=1S/C22H16FN5O3/c23-15-6-8-17(9-7-15)28-21(30)18(12-25-22(28)31)20(29)24-11-16-10-19(27-13-26-16)14-4-2-1-3-5-14/h1-10,12-13H,11H2,(H,24,29)(H,25,31). The smallest absolute Gasteiger partial charge is 0.333 e. The molecule has 0 radical (unpaired) electrons. The summed E-state index contributed by atoms with van der Waals surface area (Å²) >= 11 is 0. The molecule has 0 saturated heterocycles. The van der Waals surface area contributed by atoms with E-state index in [0.717, 1.165) is 28.5 Å². The topological polar surface area (TPSA) is 110 Å². The molecule has 0 saturated carbocycles. The Morgan fingerprint density at radius 3 is 2.52 bits per heavy atom. The number of nitrogens with zero attached hydrogens (tertiary/aromatic N) is 3. The highest BCUT2D eigenvalue weighted by Crippen LogP contribution is 2.16. The molecule has 0 fully saturated rings. The molecule has 0 aliphatic heterocycles. The maximum absolute atomic E-state index is 13.2. The summed E-state index contributed by atoms with van der Waals surface area (Å²) in [5, 5.41) is 2.62. The third-order valence-corrected chi connectivity index (χ3v) is 4.53. The minimum Gasteiger partial charge on any atom is -0.346 e. The molecule has 8 nitrogen and oxygen atoms in total. The van der Waals surface area contributed by atoms with Crippen LogP contribution in [0, 0.1) is 5.82 Å². The number of carbonyl (C=O) groups is 1. The monoisotopic (exact) mass is 417 g/mol. The molecule has 0 atom stereocenters. The van der Waals surface area contributed by atoms with Gasteiger partial charge in [-0.15, -0.1) is 0 Å². The van der Waals surface area contributed by atoms with Crippen LogP contribution in [0.4, 0.5) is 4.39 Å². The summed E-state index contributed by atoms with van der Waals surface area (Å²) in [5.41, 5.74) is 0.470. The van der Waals surface area contributed by atoms with Crippen molar-refractivity contribution in [3.05, 3.63) is 111 Å². The first-order valence-corrected chi connectivity index (χ1v) is 9.28. The molecule has 1 amide bonds. The van der Waals surface area contributed by atoms with Crippen LogP contribution in [0.5, 0.6) is 0 Å². The third kappa shape index (κ3) is 4.30. The van der Waals surface area contributed by atoms with Crippen LogP contribution >= 0.6 is 0 Å². The van der Waals surface area contributed by atoms with Crippen LogP contribution in [0.2, 0.25) is 0 Å². The van der Waals surface area contributed by atoms with E-state index >= 15 is 0 Å². The van der Waals surface area contributed by atoms with Crippen molar-refractivity contribution in [1.29, 1.82) is 0 Å². The van der Waals surface area contributed by atoms with Gasteiger partial charge < -0.3 is 10.3 Å². The predicted octanol–water partition coefficient (Wildman–Crippen LogP) is 2.05. The van der Waals surface area contributed by atoms with Crippen LogP contribution in [-0.2, 0) is 6.54 Å². The molecule has 0 aliphatic rings. The Bertz CT molecular complexity index is 1350. The van der Waals surface area contributed by atoms with Gasteiger partial charge in [-0.3, -0.25) is 9.59 Å². The Balaban J connectivity index is 1.56. The lowest BCUT2D eigenvalue weighted by atomic mass is 10.1. The van der Waals surface area contributed by atoms with Crippen molar-refractivity contribution < 1.29 is 9.18 Å². The normalized spacial score (nSPS) is 10.6. The van der Waals surface area contributed by atoms with Crippen LogP contribution in [0.25, 0.3) is 16.9 Å². The average Bonchev–Trinajstić information content (AvgIpc) is 2.79. The molecule has 2 aromatic carbocycles. The van der Waals surface area contributed by atoms with Crippen molar-refractivity contribution in [2.24, 2.45) is 0 Å². The SMILES string of the molecule is O=C(NCc1cc(-c2ccccc2)ncn1)c1c[nH]c(=O)n(-c2ccc(F)cc2)c1=O. The molecule has 0 unspecified atom stereocenters. The van der Waals surface area contributed by atoms with Crippen molar-refractivity contribution in [3.63, 3.8) is 0 Å². The molecular weight excluding hydrogens is 401 g/mol. The van der Waals surface area contributed by atoms with E-state index in [-0.39, 0.29) is 17.8 Å². The predicted molar refractivity (Wildman–Crippen MR) is 111 cm³/mol. The highest BCUT2D eigenvalue weighted by molar-refractivity contribution is 5.93. The molecule has 31 heavy (non-hydrogen) atoms. The molecule has 2 aromatic heterocycles. The Hall–Kier alpha value is -4.40. The van der Waals surface area contributed by atoms with Crippen molar-refractivity contribution in [2.75, 3.05) is 0 Å². The summed E-state index contributed by atoms with van der Waals surface area (Å²) in [6.07, 6.45) is 2.45. The van der Waals surface area contributed by atoms with Gasteiger partial charge in [0.1, 0.15) is 17.7 Å². The van der Waals surface area contributed by atoms with Gasteiger partial charge in [-0.25, -0.2) is 23.7 Å². The highest BCUT2D eigenvalue weighted by atomic mass is 19.1. The first kappa shape index (κ1) is 19.9. The number of carbonyl (C=O) groups excluding carboxylic acids is 1. The van der Waals surface area contributed by atoms with E-state index in [1.165, 1.54) is 18.5 Å². The first-order chi connectivity index (χ1) is 15.0. The third-order valence-electron chi connectivity index (χ3n) is 4.53. The average molecular weight is 417 g/mol. The van der Waals surface area contributed by atoms with Gasteiger partial charge in [-0.05, 0) is 30.3 Å². The minimum absolute atomic E-state index is 0.0519. The number of benzene rings is 2. The molecule has 0 bridgehead atoms. The second kappa shape index (κ2) is 8.54. The fourth-order valence-corrected chi connectivity index (χ4v) is 2.99. The van der Waals surface area contributed by atoms with Gasteiger partial charge in [0.2, 0.25) is 0 Å². The van der Waals surface area contributed by atoms with Crippen molar-refractivity contribution in [1.82, 2.24) is 24.8 Å². The fourth-order valence-electron chi connectivity index (χ4n) is 2.99. The number of H-pyrrole nitrogens is 1. The zero-order valence-electron chi connectivity index (χ0n) is 16.1. The van der Waals surface area contributed by atoms with Crippen LogP contribution < -0.4 is 16.6 Å². The Kier molecular flexibility index (Phi) is 5.48. The molecule has 4 aromatic rings. The van der Waals surface area contributed by atoms with E-state index < -0.39 is 23.0 Å². The van der Waals surface area contributed by atoms with Crippen LogP contribution in [0.3, 0.4) is 0 Å². The molecule has 9 heteroatoms. The summed E-state index contributed by atoms with van der Waals surface area (Å²) in [7, 11) is 0. The van der Waals surface area contributed by atoms with Crippen LogP contribution in [-0.4, -0.2) is 25.4 Å². The second-order valence-corrected chi connectivity index (χ2v) is 6.57. The van der Waals surface area contributed by atoms with Crippen LogP contribution in [0.1, 0.15) is 16.1 Å². The molecule has 0 aliphatic carbocycles. The largest absolute Gasteiger partial charge is 0.346 e. The molecule has 154 valence electrons. The molecule has 2 N–H and O–H groups in total. The van der Waals surface area contributed by atoms with Gasteiger partial charge in [0.15, 0.2) is 0 Å². The number of aromatic amines is 1. The number of amides is 1. The quantitative estimate of drug-likeness (QED) is 0.517. The summed E-state index contributed by atoms with van der Waals surface area (Å²) in [6, 6.07) is 16.0. The molecule has 2 heterocycles. The summed E-state index contributed by atoms with van der Waals surface area (Å²) < 4.78 is 13.9. The van der Waals surface area contributed by atoms with E-state index in [2.05, 4.69) is 20.3 Å². The lowest BCUT2D eigenvalue weighted by Crippen LogP contribution is -2.39. The van der Waals surface area contributed by atoms with E-state index in [4.69, 9.17) is 0 Å². The van der Waals surface area contributed by atoms with Crippen molar-refractivity contribution in [2.45, 2.75) is 6.54 Å². The molecular formula is C22H16FN5O3. The number of hydrogen-bond acceptors (Lipinski definition) is 5. The molecule has 4 rings (SSSR count). The summed E-state index contributed by atoms with van der Waals surface area (Å²) in [5.74, 6) is -1.20. The summed E-state index contributed by atoms with van der Waals surface area (Å²) in [4.78, 5) is 48.2. The van der Waals surface area contributed by atoms with Crippen molar-refractivity contribution in [3.8, 4) is 16.9 Å². The minimum atomic E-state index is -0.819. The number of nitrogens with one attached hydrogen (secondary N) is 2. The number of aromatic nitrogens is 4. The Morgan fingerprint density at radius 2 is 1.77 bits per heavy atom. The van der Waals surface area contributed by atoms with Gasteiger partial charge in [0, 0.05) is 11.8 Å². The maximum atomic E-state index is 13.2. The van der Waals surface area contributed by atoms with E-state index in [1.54, 1.807) is 6.07 Å². The fraction of sp³-hybridized carbons (Fsp3) is 0.0455. The Labute approximate surface area is 175 Å². The van der Waals surface area contributed by atoms with Crippen LogP contribution in [0.15, 0.2) is 82.8 Å². The van der Waals surface area contributed by atoms with Gasteiger partial charge in [-0.1, -0.05) is 30.3 Å². The second-order valence-electron chi connectivity index (χ2n) is 6.57. The molecule has 0 spiro atoms. The van der Waals surface area contributed by atoms with Gasteiger partial charge in [-0.2, -0.15) is 0 Å². The maximum Gasteiger partial charge on any atom is 0.333 e. The highest BCUT2D eigenvalue weighted by Gasteiger charge is 2.16. The zero-order valence-corrected chi connectivity index (χ0v) is 16.1. The lowest BCUT2D eigenvalue weighted by molar-refractivity contribution is 0.0948. The number of halogens is 1. The lowest BCUT2D eigenvalue weighted by Gasteiger charge is -2.08. The van der Waals surface area contributed by atoms with Gasteiger partial charge >= 0.3 is 5.69 Å². The summed E-state index contributed by atoms with van der Waals surface area (Å²) in [6.45, 7) is 0.0519. The van der Waals surface area contributed by atoms with E-state index in [9.17, 15) is 18.8 Å². The van der Waals surface area contributed by atoms with Gasteiger partial charge in [0.25, 0.3) is 11.5 Å². The van der Waals surface area contributed by atoms with E-state index in [1.807, 2.05) is 30.3 Å². The Morgan fingerprint density at radius 1 is 1.03 bits per heavy atom. The zero-order chi connectivity index (χ0) is 21.8.